The number of barbiturate groups is 1. The molecule has 32 heavy (non-hydrogen) atoms. The minimum absolute atomic E-state index is 0.0305. The van der Waals surface area contributed by atoms with Crippen molar-refractivity contribution in [1.82, 2.24) is 5.32 Å². The van der Waals surface area contributed by atoms with E-state index in [0.29, 0.717) is 11.5 Å². The van der Waals surface area contributed by atoms with Crippen molar-refractivity contribution in [2.45, 2.75) is 38.6 Å². The number of nitrogens with zero attached hydrogens (tertiary/aromatic N) is 2. The predicted octanol–water partition coefficient (Wildman–Crippen LogP) is 5.38. The van der Waals surface area contributed by atoms with E-state index < -0.39 is 17.8 Å². The number of imide groups is 2. The molecule has 1 fully saturated rings. The Kier molecular flexibility index (Phi) is 5.55. The van der Waals surface area contributed by atoms with Crippen molar-refractivity contribution in [3.8, 4) is 0 Å². The van der Waals surface area contributed by atoms with Crippen LogP contribution in [0.2, 0.25) is 10.0 Å². The number of nitrogens with one attached hydrogen (secondary N) is 1. The Labute approximate surface area is 196 Å². The maximum atomic E-state index is 13.2. The molecule has 1 N–H and O–H groups in total. The fraction of sp³-hybridized carbons (Fsp3) is 0.292. The average molecular weight is 472 g/mol. The van der Waals surface area contributed by atoms with Crippen LogP contribution < -0.4 is 15.1 Å². The minimum Gasteiger partial charge on any atom is -0.369 e. The van der Waals surface area contributed by atoms with Gasteiger partial charge in [-0.1, -0.05) is 42.3 Å². The van der Waals surface area contributed by atoms with Gasteiger partial charge in [-0.25, -0.2) is 9.69 Å². The largest absolute Gasteiger partial charge is 0.369 e. The molecule has 0 saturated carbocycles. The van der Waals surface area contributed by atoms with Crippen LogP contribution in [0.15, 0.2) is 42.0 Å². The van der Waals surface area contributed by atoms with Gasteiger partial charge in [0.2, 0.25) is 0 Å². The monoisotopic (exact) mass is 471 g/mol. The first-order chi connectivity index (χ1) is 15.0. The summed E-state index contributed by atoms with van der Waals surface area (Å²) in [7, 11) is 2.07. The van der Waals surface area contributed by atoms with Crippen molar-refractivity contribution in [3.63, 3.8) is 0 Å². The van der Waals surface area contributed by atoms with E-state index in [1.807, 2.05) is 18.2 Å². The summed E-state index contributed by atoms with van der Waals surface area (Å²) in [4.78, 5) is 41.2. The lowest BCUT2D eigenvalue weighted by Gasteiger charge is -2.45. The number of urea groups is 1. The van der Waals surface area contributed by atoms with Crippen LogP contribution in [0.3, 0.4) is 0 Å². The Morgan fingerprint density at radius 1 is 1.09 bits per heavy atom. The number of carbonyl (C=O) groups is 3. The van der Waals surface area contributed by atoms with Crippen LogP contribution in [0.1, 0.15) is 44.2 Å². The van der Waals surface area contributed by atoms with Crippen molar-refractivity contribution in [2.75, 3.05) is 16.8 Å². The summed E-state index contributed by atoms with van der Waals surface area (Å²) in [6.45, 7) is 6.59. The van der Waals surface area contributed by atoms with Gasteiger partial charge >= 0.3 is 6.03 Å². The van der Waals surface area contributed by atoms with Crippen molar-refractivity contribution in [3.05, 3.63) is 63.1 Å². The zero-order chi connectivity index (χ0) is 23.4. The number of halogens is 2. The molecular formula is C24H23Cl2N3O3. The molecule has 0 radical (unpaired) electrons. The van der Waals surface area contributed by atoms with E-state index in [0.717, 1.165) is 22.6 Å². The van der Waals surface area contributed by atoms with Crippen LogP contribution in [-0.4, -0.2) is 30.4 Å². The molecule has 2 heterocycles. The van der Waals surface area contributed by atoms with Gasteiger partial charge in [-0.05, 0) is 67.7 Å². The summed E-state index contributed by atoms with van der Waals surface area (Å²) in [6, 6.07) is 9.61. The van der Waals surface area contributed by atoms with Gasteiger partial charge in [0.05, 0.1) is 15.7 Å². The molecule has 6 nitrogen and oxygen atoms in total. The molecule has 0 aliphatic carbocycles. The van der Waals surface area contributed by atoms with Crippen LogP contribution in [0.4, 0.5) is 16.2 Å². The number of hydrogen-bond acceptors (Lipinski definition) is 4. The Morgan fingerprint density at radius 3 is 2.53 bits per heavy atom. The molecule has 166 valence electrons. The molecule has 1 saturated heterocycles. The van der Waals surface area contributed by atoms with Crippen LogP contribution in [0, 0.1) is 0 Å². The van der Waals surface area contributed by atoms with E-state index in [1.165, 1.54) is 12.1 Å². The summed E-state index contributed by atoms with van der Waals surface area (Å²) in [6.07, 6.45) is 2.48. The molecule has 0 bridgehead atoms. The molecule has 0 spiro atoms. The first kappa shape index (κ1) is 22.4. The third kappa shape index (κ3) is 3.67. The summed E-state index contributed by atoms with van der Waals surface area (Å²) in [5, 5.41) is 2.47. The van der Waals surface area contributed by atoms with Gasteiger partial charge in [0.1, 0.15) is 5.57 Å². The molecule has 4 rings (SSSR count). The molecule has 2 aliphatic heterocycles. The maximum Gasteiger partial charge on any atom is 0.336 e. The van der Waals surface area contributed by atoms with Crippen LogP contribution in [0.5, 0.6) is 0 Å². The Morgan fingerprint density at radius 2 is 1.81 bits per heavy atom. The summed E-state index contributed by atoms with van der Waals surface area (Å²) < 4.78 is 0. The number of benzene rings is 2. The molecule has 4 amide bonds. The number of fused-ring (bicyclic) bond motifs is 1. The lowest BCUT2D eigenvalue weighted by molar-refractivity contribution is -0.122. The van der Waals surface area contributed by atoms with Gasteiger partial charge in [0.25, 0.3) is 11.8 Å². The highest BCUT2D eigenvalue weighted by Gasteiger charge is 2.38. The Bertz CT molecular complexity index is 1190. The molecule has 1 atom stereocenters. The van der Waals surface area contributed by atoms with Crippen LogP contribution in [-0.2, 0) is 9.59 Å². The van der Waals surface area contributed by atoms with E-state index in [9.17, 15) is 14.4 Å². The van der Waals surface area contributed by atoms with E-state index in [-0.39, 0.29) is 26.8 Å². The average Bonchev–Trinajstić information content (AvgIpc) is 2.72. The molecular weight excluding hydrogens is 449 g/mol. The van der Waals surface area contributed by atoms with Gasteiger partial charge in [-0.15, -0.1) is 0 Å². The normalized spacial score (nSPS) is 21.6. The van der Waals surface area contributed by atoms with Gasteiger partial charge in [-0.3, -0.25) is 14.9 Å². The minimum atomic E-state index is -0.871. The number of carbonyl (C=O) groups excluding carboxylic acids is 3. The number of anilines is 2. The highest BCUT2D eigenvalue weighted by atomic mass is 35.5. The van der Waals surface area contributed by atoms with Crippen molar-refractivity contribution >= 4 is 58.5 Å². The molecule has 2 aromatic rings. The summed E-state index contributed by atoms with van der Waals surface area (Å²) in [5.74, 6) is -1.20. The van der Waals surface area contributed by atoms with E-state index in [1.54, 1.807) is 12.1 Å². The highest BCUT2D eigenvalue weighted by Crippen LogP contribution is 2.43. The zero-order valence-corrected chi connectivity index (χ0v) is 19.7. The van der Waals surface area contributed by atoms with Crippen LogP contribution >= 0.6 is 23.2 Å². The first-order valence-corrected chi connectivity index (χ1v) is 11.0. The van der Waals surface area contributed by atoms with Gasteiger partial charge in [0, 0.05) is 18.3 Å². The first-order valence-electron chi connectivity index (χ1n) is 10.2. The third-order valence-corrected chi connectivity index (χ3v) is 7.05. The number of hydrogen-bond donors (Lipinski definition) is 1. The second-order valence-electron chi connectivity index (χ2n) is 8.83. The molecule has 0 unspecified atom stereocenters. The van der Waals surface area contributed by atoms with Gasteiger partial charge in [0.15, 0.2) is 0 Å². The topological polar surface area (TPSA) is 69.7 Å². The maximum absolute atomic E-state index is 13.2. The number of rotatable bonds is 2. The Hall–Kier alpha value is -2.83. The van der Waals surface area contributed by atoms with Crippen molar-refractivity contribution in [1.29, 1.82) is 0 Å². The molecule has 0 aromatic heterocycles. The zero-order valence-electron chi connectivity index (χ0n) is 18.2. The highest BCUT2D eigenvalue weighted by molar-refractivity contribution is 6.46. The van der Waals surface area contributed by atoms with Crippen molar-refractivity contribution < 1.29 is 14.4 Å². The quantitative estimate of drug-likeness (QED) is 0.471. The lowest BCUT2D eigenvalue weighted by Crippen LogP contribution is -2.54. The van der Waals surface area contributed by atoms with E-state index in [4.69, 9.17) is 23.2 Å². The van der Waals surface area contributed by atoms with Gasteiger partial charge in [-0.2, -0.15) is 0 Å². The third-order valence-electron chi connectivity index (χ3n) is 6.24. The number of amides is 4. The second kappa shape index (κ2) is 7.94. The fourth-order valence-corrected chi connectivity index (χ4v) is 4.77. The van der Waals surface area contributed by atoms with E-state index >= 15 is 0 Å². The predicted molar refractivity (Wildman–Crippen MR) is 127 cm³/mol. The second-order valence-corrected chi connectivity index (χ2v) is 9.61. The van der Waals surface area contributed by atoms with Crippen molar-refractivity contribution in [2.24, 2.45) is 0 Å². The smallest absolute Gasteiger partial charge is 0.336 e. The lowest BCUT2D eigenvalue weighted by atomic mass is 9.80. The summed E-state index contributed by atoms with van der Waals surface area (Å²) >= 11 is 12.3. The molecule has 2 aromatic carbocycles. The van der Waals surface area contributed by atoms with E-state index in [2.05, 4.69) is 38.0 Å². The van der Waals surface area contributed by atoms with Gasteiger partial charge < -0.3 is 4.90 Å². The SMILES string of the molecule is C[C@H]1CC(C)(C)N(C)c2ccc(/C=C3\C(=O)NC(=O)N(c4cccc(Cl)c4Cl)C3=O)cc21. The standard InChI is InChI=1S/C24H23Cl2N3O3/c1-13-12-24(2,3)28(4)18-9-8-14(10-15(13)18)11-16-21(30)27-23(32)29(22(16)31)19-7-5-6-17(25)20(19)26/h5-11,13H,12H2,1-4H3,(H,27,30,32)/b16-11+/t13-/m0/s1. The fourth-order valence-electron chi connectivity index (χ4n) is 4.39. The summed E-state index contributed by atoms with van der Waals surface area (Å²) in [5.41, 5.74) is 2.96. The van der Waals surface area contributed by atoms with Crippen LogP contribution in [0.25, 0.3) is 6.08 Å². The Balaban J connectivity index is 1.75. The molecule has 2 aliphatic rings. The molecule has 8 heteroatoms.